The molecule has 0 bridgehead atoms. The zero-order valence-electron chi connectivity index (χ0n) is 16.9. The third-order valence-corrected chi connectivity index (χ3v) is 4.34. The summed E-state index contributed by atoms with van der Waals surface area (Å²) >= 11 is 6.03. The van der Waals surface area contributed by atoms with Gasteiger partial charge in [-0.25, -0.2) is 0 Å². The number of carbonyl (C=O) groups excluding carboxylic acids is 1. The standard InChI is InChI=1S/C21H27ClN4O2.HI/c1-4-28-19-13-15(2)9-10-16(19)14-26-21(23-3)25-12-11-24-20(27)17-7-5-6-8-18(17)22;/h5-10,13H,4,11-12,14H2,1-3H3,(H,24,27)(H2,23,25,26);1H. The molecule has 8 heteroatoms. The van der Waals surface area contributed by atoms with Crippen LogP contribution in [0.2, 0.25) is 5.02 Å². The Balaban J connectivity index is 0.00000420. The molecule has 6 nitrogen and oxygen atoms in total. The van der Waals surface area contributed by atoms with E-state index in [9.17, 15) is 4.79 Å². The van der Waals surface area contributed by atoms with E-state index < -0.39 is 0 Å². The minimum Gasteiger partial charge on any atom is -0.494 e. The van der Waals surface area contributed by atoms with Gasteiger partial charge in [0.15, 0.2) is 5.96 Å². The van der Waals surface area contributed by atoms with E-state index in [-0.39, 0.29) is 29.9 Å². The largest absolute Gasteiger partial charge is 0.494 e. The molecule has 2 rings (SSSR count). The van der Waals surface area contributed by atoms with E-state index >= 15 is 0 Å². The van der Waals surface area contributed by atoms with Crippen LogP contribution in [0.4, 0.5) is 0 Å². The van der Waals surface area contributed by atoms with E-state index in [1.54, 1.807) is 31.3 Å². The second kappa shape index (κ2) is 13.3. The van der Waals surface area contributed by atoms with Gasteiger partial charge >= 0.3 is 0 Å². The number of aliphatic imine (C=N–C) groups is 1. The predicted molar refractivity (Wildman–Crippen MR) is 130 cm³/mol. The SMILES string of the molecule is CCOc1cc(C)ccc1CNC(=NC)NCCNC(=O)c1ccccc1Cl.I. The van der Waals surface area contributed by atoms with Crippen molar-refractivity contribution in [3.05, 3.63) is 64.2 Å². The first-order chi connectivity index (χ1) is 13.5. The van der Waals surface area contributed by atoms with Crippen LogP contribution in [0, 0.1) is 6.92 Å². The molecule has 0 fully saturated rings. The predicted octanol–water partition coefficient (Wildman–Crippen LogP) is 3.76. The third kappa shape index (κ3) is 8.10. The number of ether oxygens (including phenoxy) is 1. The molecule has 0 aliphatic carbocycles. The van der Waals surface area contributed by atoms with Gasteiger partial charge in [-0.3, -0.25) is 9.79 Å². The molecule has 29 heavy (non-hydrogen) atoms. The minimum absolute atomic E-state index is 0. The molecule has 0 spiro atoms. The number of carbonyl (C=O) groups is 1. The third-order valence-electron chi connectivity index (χ3n) is 4.01. The number of amides is 1. The Morgan fingerprint density at radius 3 is 2.52 bits per heavy atom. The summed E-state index contributed by atoms with van der Waals surface area (Å²) in [7, 11) is 1.70. The van der Waals surface area contributed by atoms with Crippen LogP contribution in [0.3, 0.4) is 0 Å². The van der Waals surface area contributed by atoms with Crippen molar-refractivity contribution in [1.29, 1.82) is 0 Å². The summed E-state index contributed by atoms with van der Waals surface area (Å²) in [4.78, 5) is 16.3. The number of nitrogens with zero attached hydrogens (tertiary/aromatic N) is 1. The molecule has 0 atom stereocenters. The summed E-state index contributed by atoms with van der Waals surface area (Å²) in [5, 5.41) is 9.71. The molecule has 1 amide bonds. The topological polar surface area (TPSA) is 74.8 Å². The summed E-state index contributed by atoms with van der Waals surface area (Å²) in [5.41, 5.74) is 2.68. The Bertz CT molecular complexity index is 830. The minimum atomic E-state index is -0.198. The maximum atomic E-state index is 12.1. The van der Waals surface area contributed by atoms with Crippen molar-refractivity contribution in [3.8, 4) is 5.75 Å². The van der Waals surface area contributed by atoms with Gasteiger partial charge in [-0.15, -0.1) is 24.0 Å². The maximum absolute atomic E-state index is 12.1. The number of hydrogen-bond donors (Lipinski definition) is 3. The van der Waals surface area contributed by atoms with Crippen molar-refractivity contribution < 1.29 is 9.53 Å². The normalized spacial score (nSPS) is 10.7. The smallest absolute Gasteiger partial charge is 0.252 e. The number of halogens is 2. The van der Waals surface area contributed by atoms with E-state index in [2.05, 4.69) is 27.0 Å². The molecule has 0 unspecified atom stereocenters. The Morgan fingerprint density at radius 1 is 1.10 bits per heavy atom. The van der Waals surface area contributed by atoms with Crippen LogP contribution in [-0.2, 0) is 6.54 Å². The number of hydrogen-bond acceptors (Lipinski definition) is 3. The first-order valence-corrected chi connectivity index (χ1v) is 9.62. The van der Waals surface area contributed by atoms with Crippen LogP contribution in [0.5, 0.6) is 5.75 Å². The van der Waals surface area contributed by atoms with Gasteiger partial charge < -0.3 is 20.7 Å². The van der Waals surface area contributed by atoms with E-state index in [1.165, 1.54) is 0 Å². The lowest BCUT2D eigenvalue weighted by Crippen LogP contribution is -2.41. The number of benzene rings is 2. The first-order valence-electron chi connectivity index (χ1n) is 9.24. The fraction of sp³-hybridized carbons (Fsp3) is 0.333. The van der Waals surface area contributed by atoms with E-state index in [4.69, 9.17) is 16.3 Å². The average Bonchev–Trinajstić information content (AvgIpc) is 2.69. The number of nitrogens with one attached hydrogen (secondary N) is 3. The molecule has 0 aromatic heterocycles. The molecule has 2 aromatic rings. The van der Waals surface area contributed by atoms with E-state index in [0.717, 1.165) is 16.9 Å². The molecule has 0 radical (unpaired) electrons. The highest BCUT2D eigenvalue weighted by Gasteiger charge is 2.09. The highest BCUT2D eigenvalue weighted by Crippen LogP contribution is 2.20. The molecule has 0 heterocycles. The van der Waals surface area contributed by atoms with Gasteiger partial charge in [0, 0.05) is 32.2 Å². The Morgan fingerprint density at radius 2 is 1.83 bits per heavy atom. The van der Waals surface area contributed by atoms with Crippen molar-refractivity contribution in [2.45, 2.75) is 20.4 Å². The molecule has 0 saturated heterocycles. The van der Waals surface area contributed by atoms with Crippen LogP contribution in [0.1, 0.15) is 28.4 Å². The summed E-state index contributed by atoms with van der Waals surface area (Å²) in [6.45, 7) is 6.19. The molecular formula is C21H28ClIN4O2. The first kappa shape index (κ1) is 25.0. The van der Waals surface area contributed by atoms with Crippen molar-refractivity contribution in [2.75, 3.05) is 26.7 Å². The molecular weight excluding hydrogens is 503 g/mol. The fourth-order valence-corrected chi connectivity index (χ4v) is 2.82. The van der Waals surface area contributed by atoms with Crippen molar-refractivity contribution in [2.24, 2.45) is 4.99 Å². The molecule has 2 aromatic carbocycles. The van der Waals surface area contributed by atoms with Crippen LogP contribution >= 0.6 is 35.6 Å². The summed E-state index contributed by atoms with van der Waals surface area (Å²) in [5.74, 6) is 1.32. The number of rotatable bonds is 8. The lowest BCUT2D eigenvalue weighted by atomic mass is 10.1. The van der Waals surface area contributed by atoms with Crippen LogP contribution in [-0.4, -0.2) is 38.6 Å². The Labute approximate surface area is 194 Å². The molecule has 0 saturated carbocycles. The molecule has 0 aliphatic rings. The monoisotopic (exact) mass is 530 g/mol. The van der Waals surface area contributed by atoms with Crippen LogP contribution < -0.4 is 20.7 Å². The average molecular weight is 531 g/mol. The fourth-order valence-electron chi connectivity index (χ4n) is 2.59. The van der Waals surface area contributed by atoms with Gasteiger partial charge in [-0.05, 0) is 37.6 Å². The second-order valence-corrected chi connectivity index (χ2v) is 6.54. The summed E-state index contributed by atoms with van der Waals surface area (Å²) in [6, 6.07) is 13.1. The van der Waals surface area contributed by atoms with Crippen molar-refractivity contribution in [1.82, 2.24) is 16.0 Å². The van der Waals surface area contributed by atoms with Gasteiger partial charge in [0.1, 0.15) is 5.75 Å². The number of guanidine groups is 1. The maximum Gasteiger partial charge on any atom is 0.252 e. The summed E-state index contributed by atoms with van der Waals surface area (Å²) in [6.07, 6.45) is 0. The number of aryl methyl sites for hydroxylation is 1. The van der Waals surface area contributed by atoms with Gasteiger partial charge in [0.2, 0.25) is 0 Å². The highest BCUT2D eigenvalue weighted by atomic mass is 127. The quantitative estimate of drug-likeness (QED) is 0.210. The van der Waals surface area contributed by atoms with E-state index in [0.29, 0.717) is 42.8 Å². The zero-order valence-corrected chi connectivity index (χ0v) is 20.0. The van der Waals surface area contributed by atoms with Gasteiger partial charge in [0.25, 0.3) is 5.91 Å². The highest BCUT2D eigenvalue weighted by molar-refractivity contribution is 14.0. The molecule has 3 N–H and O–H groups in total. The van der Waals surface area contributed by atoms with E-state index in [1.807, 2.05) is 26.0 Å². The Kier molecular flexibility index (Phi) is 11.5. The lowest BCUT2D eigenvalue weighted by molar-refractivity contribution is 0.0954. The van der Waals surface area contributed by atoms with Crippen LogP contribution in [0.15, 0.2) is 47.5 Å². The van der Waals surface area contributed by atoms with Crippen LogP contribution in [0.25, 0.3) is 0 Å². The second-order valence-electron chi connectivity index (χ2n) is 6.13. The van der Waals surface area contributed by atoms with Gasteiger partial charge in [-0.2, -0.15) is 0 Å². The van der Waals surface area contributed by atoms with Crippen molar-refractivity contribution in [3.63, 3.8) is 0 Å². The van der Waals surface area contributed by atoms with Gasteiger partial charge in [0.05, 0.1) is 17.2 Å². The van der Waals surface area contributed by atoms with Crippen molar-refractivity contribution >= 4 is 47.4 Å². The summed E-state index contributed by atoms with van der Waals surface area (Å²) < 4.78 is 5.70. The molecule has 0 aliphatic heterocycles. The molecule has 158 valence electrons. The lowest BCUT2D eigenvalue weighted by Gasteiger charge is -2.15. The zero-order chi connectivity index (χ0) is 20.4. The van der Waals surface area contributed by atoms with Gasteiger partial charge in [-0.1, -0.05) is 35.9 Å². The Hall–Kier alpha value is -2.00.